The van der Waals surface area contributed by atoms with Crippen LogP contribution in [-0.4, -0.2) is 36.0 Å². The Bertz CT molecular complexity index is 508. The average molecular weight is 334 g/mol. The van der Waals surface area contributed by atoms with Crippen LogP contribution in [0.2, 0.25) is 0 Å². The molecule has 0 aromatic rings. The second-order valence-electron chi connectivity index (χ2n) is 8.77. The molecule has 0 radical (unpaired) electrons. The van der Waals surface area contributed by atoms with E-state index in [1.807, 2.05) is 0 Å². The zero-order chi connectivity index (χ0) is 16.8. The second-order valence-corrected chi connectivity index (χ2v) is 8.77. The molecule has 5 aliphatic rings. The molecule has 5 fully saturated rings. The first kappa shape index (κ1) is 16.6. The van der Waals surface area contributed by atoms with Gasteiger partial charge in [0, 0.05) is 18.9 Å². The average Bonchev–Trinajstić information content (AvgIpc) is 2.48. The Labute approximate surface area is 144 Å². The summed E-state index contributed by atoms with van der Waals surface area (Å²) >= 11 is 0. The summed E-state index contributed by atoms with van der Waals surface area (Å²) in [4.78, 5) is 11.9. The maximum Gasteiger partial charge on any atom is 0.330 e. The molecular formula is C20H30O4. The fourth-order valence-electron chi connectivity index (χ4n) is 6.15. The smallest absolute Gasteiger partial charge is 0.330 e. The number of carbonyl (C=O) groups excluding carboxylic acids is 1. The van der Waals surface area contributed by atoms with E-state index in [2.05, 4.69) is 13.5 Å². The van der Waals surface area contributed by atoms with Crippen molar-refractivity contribution in [2.45, 2.75) is 81.5 Å². The molecule has 1 saturated heterocycles. The number of hydrogen-bond acceptors (Lipinski definition) is 4. The molecule has 134 valence electrons. The van der Waals surface area contributed by atoms with Crippen LogP contribution in [0.1, 0.15) is 64.7 Å². The minimum atomic E-state index is -0.312. The fourth-order valence-corrected chi connectivity index (χ4v) is 6.15. The van der Waals surface area contributed by atoms with Gasteiger partial charge < -0.3 is 14.2 Å². The highest BCUT2D eigenvalue weighted by Crippen LogP contribution is 2.60. The third-order valence-corrected chi connectivity index (χ3v) is 6.75. The van der Waals surface area contributed by atoms with Crippen molar-refractivity contribution in [1.82, 2.24) is 0 Å². The normalized spacial score (nSPS) is 45.7. The SMILES string of the molecule is C=CC(=O)OC12CC3CC(CC(OCC4(CCC)CCO4)(C3)C1)C2. The highest BCUT2D eigenvalue weighted by atomic mass is 16.6. The van der Waals surface area contributed by atoms with Gasteiger partial charge in [0.05, 0.1) is 24.4 Å². The Hall–Kier alpha value is -0.870. The Morgan fingerprint density at radius 3 is 2.46 bits per heavy atom. The molecule has 4 bridgehead atoms. The summed E-state index contributed by atoms with van der Waals surface area (Å²) in [6, 6.07) is 0. The van der Waals surface area contributed by atoms with Crippen LogP contribution in [0.4, 0.5) is 0 Å². The molecule has 4 heteroatoms. The molecule has 3 atom stereocenters. The van der Waals surface area contributed by atoms with Gasteiger partial charge in [-0.15, -0.1) is 0 Å². The molecule has 1 heterocycles. The minimum Gasteiger partial charge on any atom is -0.456 e. The number of ether oxygens (including phenoxy) is 3. The van der Waals surface area contributed by atoms with Gasteiger partial charge in [-0.25, -0.2) is 4.79 Å². The van der Waals surface area contributed by atoms with Gasteiger partial charge in [-0.3, -0.25) is 0 Å². The molecule has 24 heavy (non-hydrogen) atoms. The van der Waals surface area contributed by atoms with Gasteiger partial charge in [-0.2, -0.15) is 0 Å². The lowest BCUT2D eigenvalue weighted by Crippen LogP contribution is -2.62. The van der Waals surface area contributed by atoms with E-state index in [1.54, 1.807) is 0 Å². The largest absolute Gasteiger partial charge is 0.456 e. The fraction of sp³-hybridized carbons (Fsp3) is 0.850. The zero-order valence-corrected chi connectivity index (χ0v) is 14.9. The molecule has 0 aromatic heterocycles. The van der Waals surface area contributed by atoms with E-state index in [-0.39, 0.29) is 22.8 Å². The van der Waals surface area contributed by atoms with Crippen molar-refractivity contribution in [2.24, 2.45) is 11.8 Å². The lowest BCUT2D eigenvalue weighted by Gasteiger charge is -2.61. The van der Waals surface area contributed by atoms with E-state index in [1.165, 1.54) is 12.5 Å². The topological polar surface area (TPSA) is 44.8 Å². The minimum absolute atomic E-state index is 0.0525. The number of hydrogen-bond donors (Lipinski definition) is 0. The zero-order valence-electron chi connectivity index (χ0n) is 14.9. The van der Waals surface area contributed by atoms with Gasteiger partial charge in [-0.1, -0.05) is 19.9 Å². The van der Waals surface area contributed by atoms with Gasteiger partial charge in [0.15, 0.2) is 0 Å². The van der Waals surface area contributed by atoms with Crippen molar-refractivity contribution in [3.63, 3.8) is 0 Å². The summed E-state index contributed by atoms with van der Waals surface area (Å²) in [5.41, 5.74) is -0.470. The van der Waals surface area contributed by atoms with E-state index in [0.29, 0.717) is 18.4 Å². The van der Waals surface area contributed by atoms with E-state index in [9.17, 15) is 4.79 Å². The summed E-state index contributed by atoms with van der Waals surface area (Å²) in [6.45, 7) is 7.33. The lowest BCUT2D eigenvalue weighted by atomic mass is 9.52. The molecular weight excluding hydrogens is 304 g/mol. The van der Waals surface area contributed by atoms with E-state index >= 15 is 0 Å². The van der Waals surface area contributed by atoms with Crippen LogP contribution in [0.3, 0.4) is 0 Å². The van der Waals surface area contributed by atoms with Gasteiger partial charge in [0.2, 0.25) is 0 Å². The molecule has 5 rings (SSSR count). The summed E-state index contributed by atoms with van der Waals surface area (Å²) in [5.74, 6) is 0.985. The summed E-state index contributed by atoms with van der Waals surface area (Å²) < 4.78 is 18.4. The standard InChI is InChI=1S/C20H30O4/c1-3-5-18(6-7-22-18)14-23-19-9-15-8-16(10-19)12-20(11-15,13-19)24-17(21)4-2/h4,15-16H,2-3,5-14H2,1H3. The van der Waals surface area contributed by atoms with Crippen LogP contribution in [0, 0.1) is 11.8 Å². The van der Waals surface area contributed by atoms with Crippen molar-refractivity contribution in [1.29, 1.82) is 0 Å². The first-order chi connectivity index (χ1) is 11.5. The van der Waals surface area contributed by atoms with Crippen LogP contribution < -0.4 is 0 Å². The highest BCUT2D eigenvalue weighted by Gasteiger charge is 2.60. The number of carbonyl (C=O) groups is 1. The molecule has 0 N–H and O–H groups in total. The van der Waals surface area contributed by atoms with Crippen LogP contribution in [0.25, 0.3) is 0 Å². The van der Waals surface area contributed by atoms with Gasteiger partial charge in [0.1, 0.15) is 5.60 Å². The molecule has 0 amide bonds. The predicted octanol–water partition coefficient (Wildman–Crippen LogP) is 3.78. The lowest BCUT2D eigenvalue weighted by molar-refractivity contribution is -0.262. The Balaban J connectivity index is 1.48. The summed E-state index contributed by atoms with van der Waals surface area (Å²) in [5, 5.41) is 0. The Kier molecular flexibility index (Phi) is 4.04. The predicted molar refractivity (Wildman–Crippen MR) is 90.6 cm³/mol. The molecule has 4 nitrogen and oxygen atoms in total. The molecule has 3 unspecified atom stereocenters. The van der Waals surface area contributed by atoms with Crippen molar-refractivity contribution >= 4 is 5.97 Å². The molecule has 0 spiro atoms. The van der Waals surface area contributed by atoms with E-state index in [0.717, 1.165) is 58.0 Å². The van der Waals surface area contributed by atoms with Crippen molar-refractivity contribution in [3.8, 4) is 0 Å². The first-order valence-corrected chi connectivity index (χ1v) is 9.63. The maximum absolute atomic E-state index is 11.9. The van der Waals surface area contributed by atoms with Crippen molar-refractivity contribution in [2.75, 3.05) is 13.2 Å². The quantitative estimate of drug-likeness (QED) is 0.525. The second kappa shape index (κ2) is 5.84. The van der Waals surface area contributed by atoms with Crippen LogP contribution >= 0.6 is 0 Å². The summed E-state index contributed by atoms with van der Waals surface area (Å²) in [7, 11) is 0. The Morgan fingerprint density at radius 2 is 1.92 bits per heavy atom. The molecule has 1 aliphatic heterocycles. The van der Waals surface area contributed by atoms with E-state index in [4.69, 9.17) is 14.2 Å². The van der Waals surface area contributed by atoms with E-state index < -0.39 is 0 Å². The van der Waals surface area contributed by atoms with Crippen LogP contribution in [-0.2, 0) is 19.0 Å². The highest BCUT2D eigenvalue weighted by molar-refractivity contribution is 5.81. The first-order valence-electron chi connectivity index (χ1n) is 9.63. The number of esters is 1. The van der Waals surface area contributed by atoms with Crippen LogP contribution in [0.5, 0.6) is 0 Å². The third kappa shape index (κ3) is 2.82. The van der Waals surface area contributed by atoms with Gasteiger partial charge in [0.25, 0.3) is 0 Å². The number of rotatable bonds is 7. The van der Waals surface area contributed by atoms with Gasteiger partial charge >= 0.3 is 5.97 Å². The maximum atomic E-state index is 11.9. The monoisotopic (exact) mass is 334 g/mol. The van der Waals surface area contributed by atoms with Crippen molar-refractivity contribution in [3.05, 3.63) is 12.7 Å². The Morgan fingerprint density at radius 1 is 1.25 bits per heavy atom. The molecule has 4 saturated carbocycles. The van der Waals surface area contributed by atoms with Crippen LogP contribution in [0.15, 0.2) is 12.7 Å². The summed E-state index contributed by atoms with van der Waals surface area (Å²) in [6.07, 6.45) is 11.0. The van der Waals surface area contributed by atoms with Crippen molar-refractivity contribution < 1.29 is 19.0 Å². The molecule has 0 aromatic carbocycles. The third-order valence-electron chi connectivity index (χ3n) is 6.75. The molecule has 4 aliphatic carbocycles. The van der Waals surface area contributed by atoms with Gasteiger partial charge in [-0.05, 0) is 50.4 Å².